The number of nitrogens with one attached hydrogen (secondary N) is 1. The van der Waals surface area contributed by atoms with Crippen LogP contribution in [0.3, 0.4) is 0 Å². The summed E-state index contributed by atoms with van der Waals surface area (Å²) in [5.41, 5.74) is -1.91. The van der Waals surface area contributed by atoms with E-state index in [1.165, 1.54) is 18.2 Å². The summed E-state index contributed by atoms with van der Waals surface area (Å²) in [4.78, 5) is 25.9. The molecule has 4 rings (SSSR count). The lowest BCUT2D eigenvalue weighted by molar-refractivity contribution is -0.212. The van der Waals surface area contributed by atoms with Crippen molar-refractivity contribution < 1.29 is 27.1 Å². The van der Waals surface area contributed by atoms with Crippen molar-refractivity contribution in [3.8, 4) is 11.3 Å². The van der Waals surface area contributed by atoms with Crippen LogP contribution in [0.4, 0.5) is 13.2 Å². The Hall–Kier alpha value is -3.13. The zero-order valence-corrected chi connectivity index (χ0v) is 16.7. The summed E-state index contributed by atoms with van der Waals surface area (Å²) in [6.07, 6.45) is -5.42. The topological polar surface area (TPSA) is 68.5 Å². The van der Waals surface area contributed by atoms with E-state index in [2.05, 4.69) is 5.32 Å². The number of para-hydroxylation sites is 1. The number of halogens is 3. The van der Waals surface area contributed by atoms with Crippen LogP contribution in [-0.4, -0.2) is 30.8 Å². The summed E-state index contributed by atoms with van der Waals surface area (Å²) < 4.78 is 52.5. The van der Waals surface area contributed by atoms with Crippen LogP contribution in [0.15, 0.2) is 57.7 Å². The minimum Gasteiger partial charge on any atom is -0.455 e. The molecule has 0 aliphatic carbocycles. The molecule has 0 bridgehead atoms. The van der Waals surface area contributed by atoms with E-state index in [1.807, 2.05) is 0 Å². The van der Waals surface area contributed by atoms with Crippen molar-refractivity contribution in [2.75, 3.05) is 13.2 Å². The minimum absolute atomic E-state index is 0.0427. The third-order valence-electron chi connectivity index (χ3n) is 5.67. The van der Waals surface area contributed by atoms with E-state index in [9.17, 15) is 22.8 Å². The van der Waals surface area contributed by atoms with Crippen LogP contribution in [0.1, 0.15) is 28.8 Å². The number of carbonyl (C=O) groups excluding carboxylic acids is 1. The van der Waals surface area contributed by atoms with E-state index < -0.39 is 17.6 Å². The number of ether oxygens (including phenoxy) is 1. The number of benzene rings is 2. The van der Waals surface area contributed by atoms with Crippen LogP contribution in [0.25, 0.3) is 22.3 Å². The third kappa shape index (κ3) is 3.72. The summed E-state index contributed by atoms with van der Waals surface area (Å²) in [7, 11) is 0. The zero-order valence-electron chi connectivity index (χ0n) is 16.7. The molecule has 0 atom stereocenters. The van der Waals surface area contributed by atoms with E-state index in [4.69, 9.17) is 9.15 Å². The summed E-state index contributed by atoms with van der Waals surface area (Å²) in [5, 5.41) is 2.31. The van der Waals surface area contributed by atoms with Crippen LogP contribution in [0.2, 0.25) is 0 Å². The summed E-state index contributed by atoms with van der Waals surface area (Å²) in [6.45, 7) is 1.39. The van der Waals surface area contributed by atoms with Crippen LogP contribution < -0.4 is 10.7 Å². The van der Waals surface area contributed by atoms with Gasteiger partial charge in [-0.3, -0.25) is 9.59 Å². The molecule has 1 fully saturated rings. The van der Waals surface area contributed by atoms with E-state index in [0.29, 0.717) is 11.1 Å². The van der Waals surface area contributed by atoms with Gasteiger partial charge in [0.15, 0.2) is 11.0 Å². The summed E-state index contributed by atoms with van der Waals surface area (Å²) >= 11 is 0. The van der Waals surface area contributed by atoms with Gasteiger partial charge in [-0.2, -0.15) is 13.2 Å². The van der Waals surface area contributed by atoms with E-state index in [-0.39, 0.29) is 53.8 Å². The quantitative estimate of drug-likeness (QED) is 0.658. The van der Waals surface area contributed by atoms with Crippen molar-refractivity contribution in [2.45, 2.75) is 31.5 Å². The predicted molar refractivity (Wildman–Crippen MR) is 109 cm³/mol. The molecule has 2 aromatic carbocycles. The van der Waals surface area contributed by atoms with Crippen molar-refractivity contribution >= 4 is 16.9 Å². The maximum Gasteiger partial charge on any atom is 0.411 e. The lowest BCUT2D eigenvalue weighted by Crippen LogP contribution is -2.61. The van der Waals surface area contributed by atoms with Gasteiger partial charge in [0, 0.05) is 37.2 Å². The van der Waals surface area contributed by atoms with Gasteiger partial charge in [0.25, 0.3) is 5.91 Å². The maximum absolute atomic E-state index is 13.8. The van der Waals surface area contributed by atoms with E-state index in [0.717, 1.165) is 0 Å². The van der Waals surface area contributed by atoms with E-state index >= 15 is 0 Å². The molecule has 5 nitrogen and oxygen atoms in total. The monoisotopic (exact) mass is 431 g/mol. The molecule has 1 amide bonds. The number of hydrogen-bond acceptors (Lipinski definition) is 4. The Labute approximate surface area is 175 Å². The van der Waals surface area contributed by atoms with Gasteiger partial charge in [0.05, 0.1) is 10.9 Å². The minimum atomic E-state index is -4.65. The number of fused-ring (bicyclic) bond motifs is 1. The van der Waals surface area contributed by atoms with Crippen molar-refractivity contribution in [2.24, 2.45) is 0 Å². The van der Waals surface area contributed by atoms with Gasteiger partial charge in [-0.1, -0.05) is 36.4 Å². The first-order valence-electron chi connectivity index (χ1n) is 9.82. The highest BCUT2D eigenvalue weighted by molar-refractivity contribution is 6.05. The first-order chi connectivity index (χ1) is 14.7. The fourth-order valence-electron chi connectivity index (χ4n) is 3.84. The van der Waals surface area contributed by atoms with Crippen molar-refractivity contribution in [3.63, 3.8) is 0 Å². The predicted octanol–water partition coefficient (Wildman–Crippen LogP) is 4.61. The highest BCUT2D eigenvalue weighted by Crippen LogP contribution is 2.38. The number of hydrogen-bond donors (Lipinski definition) is 1. The molecule has 162 valence electrons. The molecule has 1 saturated heterocycles. The maximum atomic E-state index is 13.8. The first kappa shape index (κ1) is 21.1. The second-order valence-corrected chi connectivity index (χ2v) is 7.58. The molecule has 1 aliphatic heterocycles. The Morgan fingerprint density at radius 2 is 1.71 bits per heavy atom. The fraction of sp³-hybridized carbons (Fsp3) is 0.304. The molecule has 1 N–H and O–H groups in total. The molecule has 3 aromatic rings. The van der Waals surface area contributed by atoms with Gasteiger partial charge in [0.2, 0.25) is 0 Å². The molecule has 8 heteroatoms. The Balaban J connectivity index is 1.83. The van der Waals surface area contributed by atoms with E-state index in [1.54, 1.807) is 37.3 Å². The van der Waals surface area contributed by atoms with Crippen molar-refractivity contribution in [1.29, 1.82) is 0 Å². The molecule has 1 aliphatic rings. The Kier molecular flexibility index (Phi) is 5.35. The van der Waals surface area contributed by atoms with Gasteiger partial charge in [-0.05, 0) is 19.1 Å². The average Bonchev–Trinajstić information content (AvgIpc) is 2.76. The number of alkyl halides is 3. The molecule has 2 heterocycles. The molecule has 0 radical (unpaired) electrons. The molecule has 0 unspecified atom stereocenters. The van der Waals surface area contributed by atoms with Gasteiger partial charge < -0.3 is 14.5 Å². The molecule has 0 saturated carbocycles. The lowest BCUT2D eigenvalue weighted by atomic mass is 9.88. The largest absolute Gasteiger partial charge is 0.455 e. The molecular formula is C23H20F3NO4. The fourth-order valence-corrected chi connectivity index (χ4v) is 3.84. The van der Waals surface area contributed by atoms with Crippen molar-refractivity contribution in [1.82, 2.24) is 5.32 Å². The van der Waals surface area contributed by atoms with Crippen LogP contribution in [0.5, 0.6) is 0 Å². The number of carbonyl (C=O) groups is 1. The highest BCUT2D eigenvalue weighted by Gasteiger charge is 2.56. The second kappa shape index (κ2) is 7.85. The third-order valence-corrected chi connectivity index (χ3v) is 5.67. The Morgan fingerprint density at radius 3 is 2.35 bits per heavy atom. The SMILES string of the molecule is Cc1c(-c2ccccc2)oc2c(C(=O)NC3(C(F)(F)F)CCOCC3)cccc2c1=O. The lowest BCUT2D eigenvalue weighted by Gasteiger charge is -2.39. The van der Waals surface area contributed by atoms with Crippen molar-refractivity contribution in [3.05, 3.63) is 69.9 Å². The van der Waals surface area contributed by atoms with Crippen LogP contribution >= 0.6 is 0 Å². The van der Waals surface area contributed by atoms with Gasteiger partial charge in [0.1, 0.15) is 11.3 Å². The highest BCUT2D eigenvalue weighted by atomic mass is 19.4. The summed E-state index contributed by atoms with van der Waals surface area (Å²) in [5.74, 6) is -0.675. The smallest absolute Gasteiger partial charge is 0.411 e. The standard InChI is InChI=1S/C23H20F3NO4/c1-14-18(28)16-8-5-9-17(20(16)31-19(14)15-6-3-2-4-7-15)21(29)27-22(23(24,25)26)10-12-30-13-11-22/h2-9H,10-13H2,1H3,(H,27,29). The van der Waals surface area contributed by atoms with Crippen LogP contribution in [-0.2, 0) is 4.74 Å². The van der Waals surface area contributed by atoms with Gasteiger partial charge >= 0.3 is 6.18 Å². The average molecular weight is 431 g/mol. The van der Waals surface area contributed by atoms with Gasteiger partial charge in [-0.15, -0.1) is 0 Å². The zero-order chi connectivity index (χ0) is 22.2. The molecule has 0 spiro atoms. The second-order valence-electron chi connectivity index (χ2n) is 7.58. The summed E-state index contributed by atoms with van der Waals surface area (Å²) in [6, 6.07) is 13.2. The number of amides is 1. The van der Waals surface area contributed by atoms with Gasteiger partial charge in [-0.25, -0.2) is 0 Å². The molecule has 1 aromatic heterocycles. The first-order valence-corrected chi connectivity index (χ1v) is 9.82. The van der Waals surface area contributed by atoms with Crippen LogP contribution in [0, 0.1) is 6.92 Å². The Morgan fingerprint density at radius 1 is 1.03 bits per heavy atom. The Bertz CT molecular complexity index is 1180. The number of rotatable bonds is 3. The molecular weight excluding hydrogens is 411 g/mol. The molecule has 31 heavy (non-hydrogen) atoms. The normalized spacial score (nSPS) is 16.3.